The number of rotatable bonds is 1. The standard InChI is InChI=1S/C9H5ClN2O/c10-9-12-7-2-1-6(3-4-11)5-8(7)13-9/h1-2,5H,3H2. The van der Waals surface area contributed by atoms with E-state index in [-0.39, 0.29) is 5.35 Å². The fraction of sp³-hybridized carbons (Fsp3) is 0.111. The van der Waals surface area contributed by atoms with Crippen molar-refractivity contribution in [3.8, 4) is 6.07 Å². The Balaban J connectivity index is 2.56. The van der Waals surface area contributed by atoms with Gasteiger partial charge < -0.3 is 4.42 Å². The summed E-state index contributed by atoms with van der Waals surface area (Å²) in [6.07, 6.45) is 0.369. The Morgan fingerprint density at radius 1 is 1.54 bits per heavy atom. The number of hydrogen-bond donors (Lipinski definition) is 0. The van der Waals surface area contributed by atoms with Gasteiger partial charge in [0.25, 0.3) is 5.35 Å². The summed E-state index contributed by atoms with van der Waals surface area (Å²) in [6.45, 7) is 0. The number of benzene rings is 1. The minimum atomic E-state index is 0.129. The summed E-state index contributed by atoms with van der Waals surface area (Å²) in [7, 11) is 0. The summed E-state index contributed by atoms with van der Waals surface area (Å²) in [5.41, 5.74) is 2.24. The Labute approximate surface area is 79.6 Å². The van der Waals surface area contributed by atoms with Crippen LogP contribution < -0.4 is 0 Å². The topological polar surface area (TPSA) is 49.8 Å². The normalized spacial score (nSPS) is 10.2. The number of aromatic nitrogens is 1. The average Bonchev–Trinajstić information content (AvgIpc) is 2.44. The molecule has 2 aromatic rings. The van der Waals surface area contributed by atoms with Gasteiger partial charge in [0.2, 0.25) is 0 Å². The molecule has 1 heterocycles. The smallest absolute Gasteiger partial charge is 0.293 e. The fourth-order valence-electron chi connectivity index (χ4n) is 1.14. The van der Waals surface area contributed by atoms with Gasteiger partial charge in [0.1, 0.15) is 5.52 Å². The number of fused-ring (bicyclic) bond motifs is 1. The third-order valence-electron chi connectivity index (χ3n) is 1.71. The van der Waals surface area contributed by atoms with Gasteiger partial charge in [-0.2, -0.15) is 10.2 Å². The van der Waals surface area contributed by atoms with Gasteiger partial charge in [0, 0.05) is 0 Å². The second-order valence-electron chi connectivity index (χ2n) is 2.60. The van der Waals surface area contributed by atoms with Gasteiger partial charge in [0.15, 0.2) is 5.58 Å². The molecule has 0 fully saturated rings. The van der Waals surface area contributed by atoms with Crippen molar-refractivity contribution in [2.24, 2.45) is 0 Å². The molecular weight excluding hydrogens is 188 g/mol. The van der Waals surface area contributed by atoms with Gasteiger partial charge in [-0.3, -0.25) is 0 Å². The van der Waals surface area contributed by atoms with Crippen molar-refractivity contribution in [2.75, 3.05) is 0 Å². The summed E-state index contributed by atoms with van der Waals surface area (Å²) >= 11 is 5.57. The van der Waals surface area contributed by atoms with E-state index in [9.17, 15) is 0 Å². The van der Waals surface area contributed by atoms with Crippen LogP contribution in [0.15, 0.2) is 22.6 Å². The van der Waals surface area contributed by atoms with Crippen molar-refractivity contribution in [1.82, 2.24) is 4.98 Å². The van der Waals surface area contributed by atoms with E-state index in [1.807, 2.05) is 6.07 Å². The van der Waals surface area contributed by atoms with Crippen molar-refractivity contribution < 1.29 is 4.42 Å². The highest BCUT2D eigenvalue weighted by Crippen LogP contribution is 2.19. The third-order valence-corrected chi connectivity index (χ3v) is 1.87. The number of nitrogens with zero attached hydrogens (tertiary/aromatic N) is 2. The lowest BCUT2D eigenvalue weighted by molar-refractivity contribution is 0.604. The molecule has 3 nitrogen and oxygen atoms in total. The van der Waals surface area contributed by atoms with Crippen LogP contribution in [0.1, 0.15) is 5.56 Å². The second-order valence-corrected chi connectivity index (χ2v) is 2.93. The van der Waals surface area contributed by atoms with Crippen molar-refractivity contribution in [1.29, 1.82) is 5.26 Å². The van der Waals surface area contributed by atoms with Crippen LogP contribution in [0.2, 0.25) is 5.35 Å². The Morgan fingerprint density at radius 3 is 3.15 bits per heavy atom. The highest BCUT2D eigenvalue weighted by molar-refractivity contribution is 6.28. The van der Waals surface area contributed by atoms with Crippen LogP contribution >= 0.6 is 11.6 Å². The molecule has 0 atom stereocenters. The number of nitriles is 1. The van der Waals surface area contributed by atoms with Crippen molar-refractivity contribution in [3.05, 3.63) is 29.1 Å². The van der Waals surface area contributed by atoms with Gasteiger partial charge in [-0.25, -0.2) is 0 Å². The first kappa shape index (κ1) is 8.09. The van der Waals surface area contributed by atoms with Crippen LogP contribution in [-0.4, -0.2) is 4.98 Å². The molecule has 2 rings (SSSR count). The summed E-state index contributed by atoms with van der Waals surface area (Å²) < 4.78 is 5.10. The van der Waals surface area contributed by atoms with Gasteiger partial charge in [-0.1, -0.05) is 6.07 Å². The second kappa shape index (κ2) is 3.08. The zero-order chi connectivity index (χ0) is 9.26. The minimum absolute atomic E-state index is 0.129. The highest BCUT2D eigenvalue weighted by atomic mass is 35.5. The van der Waals surface area contributed by atoms with Crippen LogP contribution in [0.5, 0.6) is 0 Å². The van der Waals surface area contributed by atoms with Crippen LogP contribution in [0.25, 0.3) is 11.1 Å². The van der Waals surface area contributed by atoms with Crippen molar-refractivity contribution >= 4 is 22.7 Å². The first-order chi connectivity index (χ1) is 6.29. The molecule has 0 aliphatic rings. The maximum Gasteiger partial charge on any atom is 0.293 e. The summed E-state index contributed by atoms with van der Waals surface area (Å²) in [4.78, 5) is 3.93. The van der Waals surface area contributed by atoms with Crippen LogP contribution in [-0.2, 0) is 6.42 Å². The Kier molecular flexibility index (Phi) is 1.91. The lowest BCUT2D eigenvalue weighted by atomic mass is 10.1. The summed E-state index contributed by atoms with van der Waals surface area (Å²) in [5.74, 6) is 0. The monoisotopic (exact) mass is 192 g/mol. The lowest BCUT2D eigenvalue weighted by Gasteiger charge is -1.91. The fourth-order valence-corrected chi connectivity index (χ4v) is 1.32. The maximum absolute atomic E-state index is 8.47. The first-order valence-corrected chi connectivity index (χ1v) is 4.09. The van der Waals surface area contributed by atoms with E-state index in [2.05, 4.69) is 11.1 Å². The van der Waals surface area contributed by atoms with E-state index in [4.69, 9.17) is 21.3 Å². The number of halogens is 1. The molecule has 1 aromatic heterocycles. The highest BCUT2D eigenvalue weighted by Gasteiger charge is 2.03. The third kappa shape index (κ3) is 1.49. The summed E-state index contributed by atoms with van der Waals surface area (Å²) in [6, 6.07) is 7.46. The van der Waals surface area contributed by atoms with E-state index in [0.29, 0.717) is 17.5 Å². The number of hydrogen-bond acceptors (Lipinski definition) is 3. The van der Waals surface area contributed by atoms with E-state index in [1.165, 1.54) is 0 Å². The van der Waals surface area contributed by atoms with E-state index in [0.717, 1.165) is 5.56 Å². The molecule has 64 valence electrons. The van der Waals surface area contributed by atoms with E-state index in [1.54, 1.807) is 12.1 Å². The molecule has 0 aliphatic heterocycles. The van der Waals surface area contributed by atoms with E-state index >= 15 is 0 Å². The van der Waals surface area contributed by atoms with Crippen molar-refractivity contribution in [3.63, 3.8) is 0 Å². The molecule has 0 aliphatic carbocycles. The predicted octanol–water partition coefficient (Wildman–Crippen LogP) is 2.55. The van der Waals surface area contributed by atoms with Crippen molar-refractivity contribution in [2.45, 2.75) is 6.42 Å². The van der Waals surface area contributed by atoms with Gasteiger partial charge in [-0.05, 0) is 29.3 Å². The minimum Gasteiger partial charge on any atom is -0.428 e. The molecule has 0 saturated carbocycles. The molecule has 0 unspecified atom stereocenters. The molecule has 0 spiro atoms. The molecule has 0 N–H and O–H groups in total. The lowest BCUT2D eigenvalue weighted by Crippen LogP contribution is -1.79. The van der Waals surface area contributed by atoms with Gasteiger partial charge in [0.05, 0.1) is 12.5 Å². The van der Waals surface area contributed by atoms with Gasteiger partial charge in [-0.15, -0.1) is 0 Å². The Hall–Kier alpha value is -1.53. The van der Waals surface area contributed by atoms with Gasteiger partial charge >= 0.3 is 0 Å². The zero-order valence-corrected chi connectivity index (χ0v) is 7.38. The molecule has 0 saturated heterocycles. The molecule has 1 aromatic carbocycles. The quantitative estimate of drug-likeness (QED) is 0.698. The molecule has 0 amide bonds. The van der Waals surface area contributed by atoms with Crippen LogP contribution in [0.4, 0.5) is 0 Å². The maximum atomic E-state index is 8.47. The SMILES string of the molecule is N#CCc1ccc2nc(Cl)oc2c1. The Bertz CT molecular complexity index is 484. The molecule has 4 heteroatoms. The molecule has 0 radical (unpaired) electrons. The zero-order valence-electron chi connectivity index (χ0n) is 6.62. The van der Waals surface area contributed by atoms with Crippen LogP contribution in [0.3, 0.4) is 0 Å². The Morgan fingerprint density at radius 2 is 2.38 bits per heavy atom. The predicted molar refractivity (Wildman–Crippen MR) is 48.3 cm³/mol. The van der Waals surface area contributed by atoms with E-state index < -0.39 is 0 Å². The summed E-state index contributed by atoms with van der Waals surface area (Å²) in [5, 5.41) is 8.60. The number of oxazole rings is 1. The molecule has 0 bridgehead atoms. The molecular formula is C9H5ClN2O. The first-order valence-electron chi connectivity index (χ1n) is 3.71. The largest absolute Gasteiger partial charge is 0.428 e. The van der Waals surface area contributed by atoms with Crippen LogP contribution in [0, 0.1) is 11.3 Å². The molecule has 13 heavy (non-hydrogen) atoms. The average molecular weight is 193 g/mol.